The number of aryl methyl sites for hydroxylation is 2. The van der Waals surface area contributed by atoms with Gasteiger partial charge in [-0.2, -0.15) is 0 Å². The molecule has 0 fully saturated rings. The van der Waals surface area contributed by atoms with Crippen molar-refractivity contribution in [3.8, 4) is 5.69 Å². The lowest BCUT2D eigenvalue weighted by molar-refractivity contribution is 0.607. The molecule has 28 heavy (non-hydrogen) atoms. The van der Waals surface area contributed by atoms with Gasteiger partial charge in [-0.25, -0.2) is 9.97 Å². The van der Waals surface area contributed by atoms with Crippen LogP contribution in [0.15, 0.2) is 49.2 Å². The maximum Gasteiger partial charge on any atom is 0.150 e. The molecule has 0 saturated carbocycles. The predicted molar refractivity (Wildman–Crippen MR) is 110 cm³/mol. The van der Waals surface area contributed by atoms with Crippen molar-refractivity contribution in [2.75, 3.05) is 4.90 Å². The number of hydrogen-bond donors (Lipinski definition) is 0. The SMILES string of the molecule is Cc1ccc(-n2cc3c4c(ncnc42)N(Cc2cnc(C)cn2)C(C)C3)cc1. The molecule has 0 bridgehead atoms. The van der Waals surface area contributed by atoms with Crippen molar-refractivity contribution >= 4 is 16.9 Å². The van der Waals surface area contributed by atoms with E-state index < -0.39 is 0 Å². The van der Waals surface area contributed by atoms with Crippen LogP contribution in [0.3, 0.4) is 0 Å². The third kappa shape index (κ3) is 2.72. The lowest BCUT2D eigenvalue weighted by Gasteiger charge is -2.33. The topological polar surface area (TPSA) is 59.7 Å². The maximum atomic E-state index is 4.66. The van der Waals surface area contributed by atoms with Crippen LogP contribution in [0.5, 0.6) is 0 Å². The number of hydrogen-bond acceptors (Lipinski definition) is 5. The van der Waals surface area contributed by atoms with Crippen LogP contribution in [0.4, 0.5) is 5.82 Å². The fourth-order valence-corrected chi connectivity index (χ4v) is 3.94. The number of rotatable bonds is 3. The second kappa shape index (κ2) is 6.41. The molecular formula is C22H22N6. The summed E-state index contributed by atoms with van der Waals surface area (Å²) in [6.07, 6.45) is 8.51. The van der Waals surface area contributed by atoms with Gasteiger partial charge in [-0.1, -0.05) is 17.7 Å². The molecule has 1 atom stereocenters. The standard InChI is InChI=1S/C22H22N6/c1-14-4-6-19(7-5-14)28-11-17-8-16(3)27(12-18-10-23-15(2)9-24-18)21-20(17)22(28)26-13-25-21/h4-7,9-11,13,16H,8,12H2,1-3H3. The van der Waals surface area contributed by atoms with Crippen molar-refractivity contribution < 1.29 is 0 Å². The Labute approximate surface area is 163 Å². The van der Waals surface area contributed by atoms with Gasteiger partial charge in [0.15, 0.2) is 0 Å². The van der Waals surface area contributed by atoms with Crippen molar-refractivity contribution in [3.63, 3.8) is 0 Å². The van der Waals surface area contributed by atoms with Gasteiger partial charge < -0.3 is 9.47 Å². The zero-order valence-electron chi connectivity index (χ0n) is 16.3. The van der Waals surface area contributed by atoms with E-state index in [1.165, 1.54) is 11.1 Å². The summed E-state index contributed by atoms with van der Waals surface area (Å²) in [5.74, 6) is 0.979. The van der Waals surface area contributed by atoms with Crippen LogP contribution in [0.1, 0.15) is 29.4 Å². The number of nitrogens with zero attached hydrogens (tertiary/aromatic N) is 6. The normalized spacial score (nSPS) is 16.0. The first kappa shape index (κ1) is 16.9. The van der Waals surface area contributed by atoms with E-state index >= 15 is 0 Å². The Kier molecular flexibility index (Phi) is 3.86. The lowest BCUT2D eigenvalue weighted by atomic mass is 10.0. The first-order valence-corrected chi connectivity index (χ1v) is 9.56. The molecule has 6 nitrogen and oxygen atoms in total. The molecule has 0 amide bonds. The van der Waals surface area contributed by atoms with E-state index in [-0.39, 0.29) is 0 Å². The van der Waals surface area contributed by atoms with Crippen LogP contribution in [0.25, 0.3) is 16.7 Å². The first-order chi connectivity index (χ1) is 13.6. The van der Waals surface area contributed by atoms with Gasteiger partial charge in [-0.15, -0.1) is 0 Å². The minimum Gasteiger partial charge on any atom is -0.347 e. The van der Waals surface area contributed by atoms with E-state index in [1.54, 1.807) is 6.33 Å². The summed E-state index contributed by atoms with van der Waals surface area (Å²) in [6.45, 7) is 6.98. The van der Waals surface area contributed by atoms with E-state index in [4.69, 9.17) is 0 Å². The van der Waals surface area contributed by atoms with Crippen LogP contribution in [-0.4, -0.2) is 30.5 Å². The van der Waals surface area contributed by atoms with E-state index in [0.717, 1.165) is 40.3 Å². The minimum absolute atomic E-state index is 0.322. The Balaban J connectivity index is 1.61. The highest BCUT2D eigenvalue weighted by Gasteiger charge is 2.29. The van der Waals surface area contributed by atoms with Crippen LogP contribution in [0, 0.1) is 13.8 Å². The largest absolute Gasteiger partial charge is 0.347 e. The lowest BCUT2D eigenvalue weighted by Crippen LogP contribution is -2.37. The second-order valence-electron chi connectivity index (χ2n) is 7.59. The zero-order valence-corrected chi connectivity index (χ0v) is 16.3. The van der Waals surface area contributed by atoms with Crippen LogP contribution in [-0.2, 0) is 13.0 Å². The van der Waals surface area contributed by atoms with E-state index in [1.807, 2.05) is 19.3 Å². The van der Waals surface area contributed by atoms with Crippen molar-refractivity contribution in [2.24, 2.45) is 0 Å². The molecule has 0 spiro atoms. The molecule has 1 unspecified atom stereocenters. The summed E-state index contributed by atoms with van der Waals surface area (Å²) in [5.41, 5.74) is 6.50. The Hall–Kier alpha value is -3.28. The fourth-order valence-electron chi connectivity index (χ4n) is 3.94. The first-order valence-electron chi connectivity index (χ1n) is 9.56. The molecule has 140 valence electrons. The highest BCUT2D eigenvalue weighted by Crippen LogP contribution is 2.37. The van der Waals surface area contributed by atoms with Crippen molar-refractivity contribution in [3.05, 3.63) is 71.7 Å². The average molecular weight is 370 g/mol. The molecule has 0 aliphatic carbocycles. The van der Waals surface area contributed by atoms with Gasteiger partial charge >= 0.3 is 0 Å². The smallest absolute Gasteiger partial charge is 0.150 e. The quantitative estimate of drug-likeness (QED) is 0.549. The van der Waals surface area contributed by atoms with Gasteiger partial charge in [-0.05, 0) is 44.9 Å². The van der Waals surface area contributed by atoms with Crippen molar-refractivity contribution in [1.82, 2.24) is 24.5 Å². The van der Waals surface area contributed by atoms with Gasteiger partial charge in [-0.3, -0.25) is 9.97 Å². The molecule has 4 heterocycles. The molecule has 5 rings (SSSR count). The van der Waals surface area contributed by atoms with Gasteiger partial charge in [0.05, 0.1) is 29.5 Å². The summed E-state index contributed by atoms with van der Waals surface area (Å²) >= 11 is 0. The number of benzene rings is 1. The van der Waals surface area contributed by atoms with Crippen molar-refractivity contribution in [2.45, 2.75) is 39.8 Å². The van der Waals surface area contributed by atoms with Gasteiger partial charge in [0, 0.05) is 24.1 Å². The van der Waals surface area contributed by atoms with Gasteiger partial charge in [0.1, 0.15) is 17.8 Å². The van der Waals surface area contributed by atoms with E-state index in [2.05, 4.69) is 73.7 Å². The molecule has 1 aromatic carbocycles. The van der Waals surface area contributed by atoms with Gasteiger partial charge in [0.25, 0.3) is 0 Å². The van der Waals surface area contributed by atoms with Crippen LogP contribution >= 0.6 is 0 Å². The third-order valence-corrected chi connectivity index (χ3v) is 5.44. The summed E-state index contributed by atoms with van der Waals surface area (Å²) in [6, 6.07) is 8.87. The van der Waals surface area contributed by atoms with E-state index in [0.29, 0.717) is 12.6 Å². The number of anilines is 1. The minimum atomic E-state index is 0.322. The molecule has 3 aromatic heterocycles. The monoisotopic (exact) mass is 370 g/mol. The number of aromatic nitrogens is 5. The van der Waals surface area contributed by atoms with Gasteiger partial charge in [0.2, 0.25) is 0 Å². The van der Waals surface area contributed by atoms with Crippen LogP contribution < -0.4 is 4.90 Å². The van der Waals surface area contributed by atoms with Crippen LogP contribution in [0.2, 0.25) is 0 Å². The molecule has 0 N–H and O–H groups in total. The molecule has 1 aliphatic heterocycles. The maximum absolute atomic E-state index is 4.66. The fraction of sp³-hybridized carbons (Fsp3) is 0.273. The molecule has 4 aromatic rings. The average Bonchev–Trinajstić information content (AvgIpc) is 3.06. The second-order valence-corrected chi connectivity index (χ2v) is 7.59. The Morgan fingerprint density at radius 1 is 1.00 bits per heavy atom. The third-order valence-electron chi connectivity index (χ3n) is 5.44. The Morgan fingerprint density at radius 3 is 2.57 bits per heavy atom. The molecule has 0 radical (unpaired) electrons. The highest BCUT2D eigenvalue weighted by molar-refractivity contribution is 5.93. The predicted octanol–water partition coefficient (Wildman–Crippen LogP) is 3.78. The molecule has 0 saturated heterocycles. The Morgan fingerprint density at radius 2 is 1.82 bits per heavy atom. The summed E-state index contributed by atoms with van der Waals surface area (Å²) < 4.78 is 2.18. The Bertz CT molecular complexity index is 1140. The van der Waals surface area contributed by atoms with E-state index in [9.17, 15) is 0 Å². The summed E-state index contributed by atoms with van der Waals surface area (Å²) in [5, 5.41) is 1.14. The zero-order chi connectivity index (χ0) is 19.3. The van der Waals surface area contributed by atoms with Crippen molar-refractivity contribution in [1.29, 1.82) is 0 Å². The molecule has 6 heteroatoms. The summed E-state index contributed by atoms with van der Waals surface area (Å²) in [4.78, 5) is 20.5. The highest BCUT2D eigenvalue weighted by atomic mass is 15.2. The molecule has 1 aliphatic rings. The summed E-state index contributed by atoms with van der Waals surface area (Å²) in [7, 11) is 0. The molecular weight excluding hydrogens is 348 g/mol.